The Bertz CT molecular complexity index is 450. The largest absolute Gasteiger partial charge is 0.452 e. The highest BCUT2D eigenvalue weighted by atomic mass is 16.5. The third-order valence-corrected chi connectivity index (χ3v) is 3.01. The Kier molecular flexibility index (Phi) is 5.46. The highest BCUT2D eigenvalue weighted by molar-refractivity contribution is 5.69. The number of hydrogen-bond acceptors (Lipinski definition) is 3. The van der Waals surface area contributed by atoms with E-state index in [9.17, 15) is 4.79 Å². The molecule has 0 saturated carbocycles. The van der Waals surface area contributed by atoms with E-state index >= 15 is 0 Å². The Labute approximate surface area is 113 Å². The van der Waals surface area contributed by atoms with E-state index in [2.05, 4.69) is 11.8 Å². The summed E-state index contributed by atoms with van der Waals surface area (Å²) in [7, 11) is 0. The fourth-order valence-corrected chi connectivity index (χ4v) is 2.00. The quantitative estimate of drug-likeness (QED) is 0.615. The number of benzene rings is 1. The molecule has 1 aliphatic heterocycles. The highest BCUT2D eigenvalue weighted by Gasteiger charge is 2.16. The van der Waals surface area contributed by atoms with Gasteiger partial charge in [0.2, 0.25) is 0 Å². The average molecular weight is 258 g/mol. The van der Waals surface area contributed by atoms with E-state index in [1.165, 1.54) is 0 Å². The van der Waals surface area contributed by atoms with E-state index in [0.29, 0.717) is 6.42 Å². The maximum Gasteiger partial charge on any atom is 0.306 e. The molecule has 0 N–H and O–H groups in total. The molecule has 0 amide bonds. The van der Waals surface area contributed by atoms with Crippen LogP contribution in [0.25, 0.3) is 0 Å². The second-order valence-corrected chi connectivity index (χ2v) is 4.50. The standard InChI is InChI=1S/C16H18O3/c17-16(11-10-15-9-5-12-18-15)19-13-4-8-14-6-2-1-3-7-14/h1-3,6-7,15H,5,9-13H2/t15-/m1/s1. The van der Waals surface area contributed by atoms with Crippen molar-refractivity contribution >= 4 is 5.97 Å². The van der Waals surface area contributed by atoms with Gasteiger partial charge in [0.05, 0.1) is 6.10 Å². The third kappa shape index (κ3) is 5.15. The molecule has 0 aromatic heterocycles. The van der Waals surface area contributed by atoms with Crippen LogP contribution in [-0.4, -0.2) is 25.3 Å². The average Bonchev–Trinajstić information content (AvgIpc) is 2.96. The second kappa shape index (κ2) is 7.60. The molecule has 1 aromatic rings. The van der Waals surface area contributed by atoms with Crippen molar-refractivity contribution in [2.45, 2.75) is 31.8 Å². The van der Waals surface area contributed by atoms with Gasteiger partial charge >= 0.3 is 5.97 Å². The number of esters is 1. The Morgan fingerprint density at radius 2 is 2.21 bits per heavy atom. The maximum absolute atomic E-state index is 11.5. The number of carbonyl (C=O) groups excluding carboxylic acids is 1. The predicted octanol–water partition coefficient (Wildman–Crippen LogP) is 2.54. The summed E-state index contributed by atoms with van der Waals surface area (Å²) in [6, 6.07) is 9.64. The summed E-state index contributed by atoms with van der Waals surface area (Å²) in [5.74, 6) is 5.59. The zero-order valence-corrected chi connectivity index (χ0v) is 10.9. The van der Waals surface area contributed by atoms with Gasteiger partial charge in [-0.3, -0.25) is 4.79 Å². The van der Waals surface area contributed by atoms with E-state index in [0.717, 1.165) is 31.4 Å². The van der Waals surface area contributed by atoms with Crippen molar-refractivity contribution in [1.29, 1.82) is 0 Å². The van der Waals surface area contributed by atoms with Gasteiger partial charge in [-0.15, -0.1) is 0 Å². The Morgan fingerprint density at radius 1 is 1.37 bits per heavy atom. The molecule has 0 spiro atoms. The summed E-state index contributed by atoms with van der Waals surface area (Å²) in [6.07, 6.45) is 3.56. The van der Waals surface area contributed by atoms with Gasteiger partial charge in [-0.05, 0) is 31.4 Å². The van der Waals surface area contributed by atoms with Crippen LogP contribution in [0.15, 0.2) is 30.3 Å². The molecule has 1 heterocycles. The zero-order chi connectivity index (χ0) is 13.3. The minimum atomic E-state index is -0.196. The van der Waals surface area contributed by atoms with E-state index < -0.39 is 0 Å². The van der Waals surface area contributed by atoms with Gasteiger partial charge in [-0.25, -0.2) is 0 Å². The van der Waals surface area contributed by atoms with Crippen molar-refractivity contribution in [2.75, 3.05) is 13.2 Å². The van der Waals surface area contributed by atoms with Gasteiger partial charge in [0.15, 0.2) is 6.61 Å². The van der Waals surface area contributed by atoms with Crippen molar-refractivity contribution in [2.24, 2.45) is 0 Å². The fourth-order valence-electron chi connectivity index (χ4n) is 2.00. The first-order valence-corrected chi connectivity index (χ1v) is 6.66. The van der Waals surface area contributed by atoms with Crippen molar-refractivity contribution < 1.29 is 14.3 Å². The second-order valence-electron chi connectivity index (χ2n) is 4.50. The van der Waals surface area contributed by atoms with Crippen LogP contribution in [0.3, 0.4) is 0 Å². The summed E-state index contributed by atoms with van der Waals surface area (Å²) in [5.41, 5.74) is 0.929. The van der Waals surface area contributed by atoms with E-state index in [1.807, 2.05) is 30.3 Å². The molecule has 2 rings (SSSR count). The first-order chi connectivity index (χ1) is 9.34. The van der Waals surface area contributed by atoms with E-state index in [1.54, 1.807) is 0 Å². The van der Waals surface area contributed by atoms with Crippen LogP contribution in [0.1, 0.15) is 31.2 Å². The monoisotopic (exact) mass is 258 g/mol. The molecule has 3 heteroatoms. The maximum atomic E-state index is 11.5. The molecule has 1 atom stereocenters. The van der Waals surface area contributed by atoms with Crippen molar-refractivity contribution in [3.8, 4) is 11.8 Å². The number of carbonyl (C=O) groups is 1. The van der Waals surface area contributed by atoms with Crippen molar-refractivity contribution in [1.82, 2.24) is 0 Å². The third-order valence-electron chi connectivity index (χ3n) is 3.01. The first-order valence-electron chi connectivity index (χ1n) is 6.66. The smallest absolute Gasteiger partial charge is 0.306 e. The topological polar surface area (TPSA) is 35.5 Å². The summed E-state index contributed by atoms with van der Waals surface area (Å²) in [6.45, 7) is 0.974. The summed E-state index contributed by atoms with van der Waals surface area (Å²) < 4.78 is 10.5. The molecular weight excluding hydrogens is 240 g/mol. The van der Waals surface area contributed by atoms with Gasteiger partial charge < -0.3 is 9.47 Å². The van der Waals surface area contributed by atoms with E-state index in [4.69, 9.17) is 9.47 Å². The summed E-state index contributed by atoms with van der Waals surface area (Å²) in [5, 5.41) is 0. The Balaban J connectivity index is 1.62. The van der Waals surface area contributed by atoms with Crippen LogP contribution in [0.2, 0.25) is 0 Å². The lowest BCUT2D eigenvalue weighted by Crippen LogP contribution is -2.11. The van der Waals surface area contributed by atoms with Gasteiger partial charge in [0.1, 0.15) is 0 Å². The molecule has 1 aliphatic rings. The molecule has 0 aliphatic carbocycles. The van der Waals surface area contributed by atoms with Crippen LogP contribution in [0.4, 0.5) is 0 Å². The minimum Gasteiger partial charge on any atom is -0.452 e. The van der Waals surface area contributed by atoms with Crippen LogP contribution in [-0.2, 0) is 14.3 Å². The SMILES string of the molecule is O=C(CC[C@H]1CCCO1)OCC#Cc1ccccc1. The molecule has 0 unspecified atom stereocenters. The van der Waals surface area contributed by atoms with Gasteiger partial charge in [0.25, 0.3) is 0 Å². The van der Waals surface area contributed by atoms with Crippen molar-refractivity contribution in [3.05, 3.63) is 35.9 Å². The lowest BCUT2D eigenvalue weighted by molar-refractivity contribution is -0.142. The van der Waals surface area contributed by atoms with Gasteiger partial charge in [-0.2, -0.15) is 0 Å². The molecule has 3 nitrogen and oxygen atoms in total. The lowest BCUT2D eigenvalue weighted by atomic mass is 10.1. The molecule has 1 fully saturated rings. The molecule has 1 saturated heterocycles. The normalized spacial score (nSPS) is 17.6. The molecule has 1 aromatic carbocycles. The fraction of sp³-hybridized carbons (Fsp3) is 0.438. The van der Waals surface area contributed by atoms with Crippen LogP contribution >= 0.6 is 0 Å². The van der Waals surface area contributed by atoms with Gasteiger partial charge in [-0.1, -0.05) is 30.0 Å². The van der Waals surface area contributed by atoms with Crippen molar-refractivity contribution in [3.63, 3.8) is 0 Å². The van der Waals surface area contributed by atoms with Crippen LogP contribution < -0.4 is 0 Å². The molecule has 100 valence electrons. The summed E-state index contributed by atoms with van der Waals surface area (Å²) >= 11 is 0. The predicted molar refractivity (Wildman–Crippen MR) is 72.5 cm³/mol. The number of hydrogen-bond donors (Lipinski definition) is 0. The van der Waals surface area contributed by atoms with Gasteiger partial charge in [0, 0.05) is 18.6 Å². The first kappa shape index (κ1) is 13.6. The minimum absolute atomic E-state index is 0.152. The molecule has 19 heavy (non-hydrogen) atoms. The van der Waals surface area contributed by atoms with Crippen LogP contribution in [0.5, 0.6) is 0 Å². The number of rotatable bonds is 4. The molecular formula is C16H18O3. The molecule has 0 bridgehead atoms. The summed E-state index contributed by atoms with van der Waals surface area (Å²) in [4.78, 5) is 11.5. The zero-order valence-electron chi connectivity index (χ0n) is 10.9. The molecule has 0 radical (unpaired) electrons. The highest BCUT2D eigenvalue weighted by Crippen LogP contribution is 2.16. The lowest BCUT2D eigenvalue weighted by Gasteiger charge is -2.07. The number of ether oxygens (including phenoxy) is 2. The Morgan fingerprint density at radius 3 is 2.95 bits per heavy atom. The Hall–Kier alpha value is -1.79. The van der Waals surface area contributed by atoms with Crippen LogP contribution in [0, 0.1) is 11.8 Å². The van der Waals surface area contributed by atoms with E-state index in [-0.39, 0.29) is 18.7 Å².